The lowest BCUT2D eigenvalue weighted by Crippen LogP contribution is -1.95. The van der Waals surface area contributed by atoms with E-state index in [2.05, 4.69) is 58.0 Å². The molecule has 4 heteroatoms. The number of benzene rings is 1. The molecule has 3 nitrogen and oxygen atoms in total. The first kappa shape index (κ1) is 16.2. The zero-order valence-electron chi connectivity index (χ0n) is 11.4. The zero-order chi connectivity index (χ0) is 12.4. The second-order valence-electron chi connectivity index (χ2n) is 4.58. The average Bonchev–Trinajstić information content (AvgIpc) is 2.80. The van der Waals surface area contributed by atoms with Gasteiger partial charge in [0.05, 0.1) is 11.7 Å². The largest absolute Gasteiger partial charge is 0.412 e. The van der Waals surface area contributed by atoms with Crippen LogP contribution in [0, 0.1) is 6.92 Å². The normalized spacial score (nSPS) is 9.85. The summed E-state index contributed by atoms with van der Waals surface area (Å²) in [5, 5.41) is 0. The van der Waals surface area contributed by atoms with Crippen molar-refractivity contribution in [2.75, 3.05) is 0 Å². The fourth-order valence-electron chi connectivity index (χ4n) is 2.34. The molecule has 2 N–H and O–H groups in total. The highest BCUT2D eigenvalue weighted by Gasteiger charge is 2.04. The van der Waals surface area contributed by atoms with E-state index in [0.29, 0.717) is 0 Å². The van der Waals surface area contributed by atoms with Crippen molar-refractivity contribution in [3.8, 4) is 0 Å². The van der Waals surface area contributed by atoms with Crippen LogP contribution in [0.25, 0.3) is 5.52 Å². The summed E-state index contributed by atoms with van der Waals surface area (Å²) in [5.74, 6) is 1.05. The summed E-state index contributed by atoms with van der Waals surface area (Å²) in [6.07, 6.45) is 6.17. The van der Waals surface area contributed by atoms with Gasteiger partial charge in [0.1, 0.15) is 5.82 Å². The topological polar surface area (TPSA) is 48.8 Å². The highest BCUT2D eigenvalue weighted by atomic mass is 35.5. The van der Waals surface area contributed by atoms with Gasteiger partial charge in [0.2, 0.25) is 0 Å². The van der Waals surface area contributed by atoms with E-state index in [1.54, 1.807) is 0 Å². The molecule has 0 fully saturated rings. The van der Waals surface area contributed by atoms with Gasteiger partial charge in [-0.15, -0.1) is 12.4 Å². The van der Waals surface area contributed by atoms with Gasteiger partial charge < -0.3 is 9.88 Å². The molecule has 20 heavy (non-hydrogen) atoms. The molecular formula is C16H19ClN2O. The fraction of sp³-hybridized carbons (Fsp3) is 0.188. The molecule has 0 radical (unpaired) electrons. The van der Waals surface area contributed by atoms with Gasteiger partial charge in [-0.25, -0.2) is 4.98 Å². The fourth-order valence-corrected chi connectivity index (χ4v) is 2.34. The number of pyridine rings is 1. The van der Waals surface area contributed by atoms with E-state index in [-0.39, 0.29) is 17.9 Å². The van der Waals surface area contributed by atoms with E-state index in [1.807, 2.05) is 13.1 Å². The minimum absolute atomic E-state index is 0. The second kappa shape index (κ2) is 7.08. The van der Waals surface area contributed by atoms with Crippen LogP contribution < -0.4 is 0 Å². The smallest absolute Gasteiger partial charge is 0.110 e. The number of hydrogen-bond acceptors (Lipinski definition) is 1. The van der Waals surface area contributed by atoms with Gasteiger partial charge in [-0.1, -0.05) is 36.4 Å². The molecule has 0 amide bonds. The van der Waals surface area contributed by atoms with Crippen molar-refractivity contribution in [1.82, 2.24) is 9.38 Å². The molecule has 2 heterocycles. The summed E-state index contributed by atoms with van der Waals surface area (Å²) >= 11 is 0. The van der Waals surface area contributed by atoms with Crippen molar-refractivity contribution >= 4 is 17.9 Å². The molecule has 0 aliphatic rings. The predicted molar refractivity (Wildman–Crippen MR) is 84.6 cm³/mol. The van der Waals surface area contributed by atoms with Crippen LogP contribution in [0.5, 0.6) is 0 Å². The minimum Gasteiger partial charge on any atom is -0.412 e. The van der Waals surface area contributed by atoms with Crippen LogP contribution in [0.4, 0.5) is 0 Å². The maximum absolute atomic E-state index is 4.37. The molecule has 0 saturated heterocycles. The number of nitrogens with zero attached hydrogens (tertiary/aromatic N) is 2. The van der Waals surface area contributed by atoms with Gasteiger partial charge in [-0.3, -0.25) is 0 Å². The first-order chi connectivity index (χ1) is 8.84. The molecule has 2 aromatic heterocycles. The van der Waals surface area contributed by atoms with Crippen LogP contribution in [-0.2, 0) is 12.8 Å². The number of fused-ring (bicyclic) bond motifs is 1. The van der Waals surface area contributed by atoms with E-state index in [9.17, 15) is 0 Å². The van der Waals surface area contributed by atoms with E-state index in [4.69, 9.17) is 0 Å². The maximum atomic E-state index is 4.37. The Bertz CT molecular complexity index is 665. The summed E-state index contributed by atoms with van der Waals surface area (Å²) in [5.41, 5.74) is 3.98. The van der Waals surface area contributed by atoms with Gasteiger partial charge in [-0.2, -0.15) is 0 Å². The van der Waals surface area contributed by atoms with Crippen LogP contribution in [0.3, 0.4) is 0 Å². The first-order valence-electron chi connectivity index (χ1n) is 6.30. The molecular weight excluding hydrogens is 272 g/mol. The lowest BCUT2D eigenvalue weighted by molar-refractivity contribution is 0.824. The Kier molecular flexibility index (Phi) is 5.74. The summed E-state index contributed by atoms with van der Waals surface area (Å²) in [7, 11) is 0. The number of halogens is 1. The van der Waals surface area contributed by atoms with Crippen LogP contribution >= 0.6 is 12.4 Å². The van der Waals surface area contributed by atoms with Crippen molar-refractivity contribution in [1.29, 1.82) is 0 Å². The summed E-state index contributed by atoms with van der Waals surface area (Å²) < 4.78 is 2.15. The van der Waals surface area contributed by atoms with Crippen molar-refractivity contribution < 1.29 is 5.48 Å². The molecule has 1 aromatic carbocycles. The van der Waals surface area contributed by atoms with Crippen molar-refractivity contribution in [3.63, 3.8) is 0 Å². The standard InChI is InChI=1S/C16H16N2.ClH.H2O/c1-13-17-12-16-15(8-5-11-18(13)16)10-9-14-6-3-2-4-7-14;;/h2-8,11-12H,9-10H2,1H3;1H;1H2. The van der Waals surface area contributed by atoms with Crippen molar-refractivity contribution in [3.05, 3.63) is 71.8 Å². The van der Waals surface area contributed by atoms with Crippen LogP contribution in [0.2, 0.25) is 0 Å². The molecule has 0 aliphatic heterocycles. The molecule has 0 atom stereocenters. The SMILES string of the molecule is Cc1ncc2c(CCc3ccccc3)cccn12.Cl.O. The van der Waals surface area contributed by atoms with Gasteiger partial charge in [-0.05, 0) is 37.0 Å². The van der Waals surface area contributed by atoms with E-state index >= 15 is 0 Å². The number of hydrogen-bond donors (Lipinski definition) is 0. The summed E-state index contributed by atoms with van der Waals surface area (Å²) in [6, 6.07) is 14.9. The van der Waals surface area contributed by atoms with E-state index in [1.165, 1.54) is 16.6 Å². The highest BCUT2D eigenvalue weighted by molar-refractivity contribution is 5.85. The predicted octanol–water partition coefficient (Wildman–Crippen LogP) is 3.03. The monoisotopic (exact) mass is 290 g/mol. The quantitative estimate of drug-likeness (QED) is 0.731. The van der Waals surface area contributed by atoms with Gasteiger partial charge in [0, 0.05) is 6.20 Å². The lowest BCUT2D eigenvalue weighted by Gasteiger charge is -2.05. The molecule has 0 saturated carbocycles. The van der Waals surface area contributed by atoms with Crippen LogP contribution in [-0.4, -0.2) is 14.9 Å². The zero-order valence-corrected chi connectivity index (χ0v) is 12.2. The second-order valence-corrected chi connectivity index (χ2v) is 4.58. The molecule has 3 rings (SSSR count). The third kappa shape index (κ3) is 3.18. The molecule has 0 spiro atoms. The van der Waals surface area contributed by atoms with E-state index < -0.39 is 0 Å². The van der Waals surface area contributed by atoms with Gasteiger partial charge in [0.25, 0.3) is 0 Å². The maximum Gasteiger partial charge on any atom is 0.110 e. The van der Waals surface area contributed by atoms with Crippen LogP contribution in [0.15, 0.2) is 54.9 Å². The lowest BCUT2D eigenvalue weighted by atomic mass is 10.0. The third-order valence-corrected chi connectivity index (χ3v) is 3.37. The Balaban J connectivity index is 0.000001000. The number of imidazole rings is 1. The van der Waals surface area contributed by atoms with Gasteiger partial charge >= 0.3 is 0 Å². The third-order valence-electron chi connectivity index (χ3n) is 3.37. The molecule has 0 bridgehead atoms. The Morgan fingerprint density at radius 1 is 1.00 bits per heavy atom. The number of rotatable bonds is 3. The average molecular weight is 291 g/mol. The van der Waals surface area contributed by atoms with Crippen molar-refractivity contribution in [2.24, 2.45) is 0 Å². The molecule has 106 valence electrons. The number of aryl methyl sites for hydroxylation is 3. The molecule has 3 aromatic rings. The Morgan fingerprint density at radius 3 is 2.50 bits per heavy atom. The molecule has 0 aliphatic carbocycles. The highest BCUT2D eigenvalue weighted by Crippen LogP contribution is 2.15. The minimum atomic E-state index is 0. The van der Waals surface area contributed by atoms with Gasteiger partial charge in [0.15, 0.2) is 0 Å². The Morgan fingerprint density at radius 2 is 1.75 bits per heavy atom. The summed E-state index contributed by atoms with van der Waals surface area (Å²) in [6.45, 7) is 2.04. The number of aromatic nitrogens is 2. The molecule has 0 unspecified atom stereocenters. The Hall–Kier alpha value is -1.84. The Labute approximate surface area is 125 Å². The van der Waals surface area contributed by atoms with Crippen LogP contribution in [0.1, 0.15) is 17.0 Å². The van der Waals surface area contributed by atoms with Crippen molar-refractivity contribution in [2.45, 2.75) is 19.8 Å². The summed E-state index contributed by atoms with van der Waals surface area (Å²) in [4.78, 5) is 4.37. The first-order valence-corrected chi connectivity index (χ1v) is 6.30. The van der Waals surface area contributed by atoms with E-state index in [0.717, 1.165) is 18.7 Å².